The first-order valence-electron chi connectivity index (χ1n) is 4.16. The van der Waals surface area contributed by atoms with Crippen molar-refractivity contribution in [1.29, 1.82) is 0 Å². The van der Waals surface area contributed by atoms with Crippen LogP contribution in [0.4, 0.5) is 0 Å². The van der Waals surface area contributed by atoms with Crippen LogP contribution in [0.2, 0.25) is 0 Å². The quantitative estimate of drug-likeness (QED) is 0.544. The van der Waals surface area contributed by atoms with Gasteiger partial charge < -0.3 is 0 Å². The number of rotatable bonds is 4. The molecule has 0 unspecified atom stereocenters. The summed E-state index contributed by atoms with van der Waals surface area (Å²) in [6.07, 6.45) is 9.74. The summed E-state index contributed by atoms with van der Waals surface area (Å²) in [6, 6.07) is 0. The van der Waals surface area contributed by atoms with E-state index in [0.29, 0.717) is 0 Å². The number of hydrogen-bond donors (Lipinski definition) is 0. The van der Waals surface area contributed by atoms with Crippen LogP contribution >= 0.6 is 0 Å². The predicted octanol–water partition coefficient (Wildman–Crippen LogP) is 4.28. The summed E-state index contributed by atoms with van der Waals surface area (Å²) in [5.41, 5.74) is 1.17. The molecule has 0 fully saturated rings. The van der Waals surface area contributed by atoms with Gasteiger partial charge in [0.1, 0.15) is 0 Å². The molecule has 68 valence electrons. The Balaban J connectivity index is 0. The van der Waals surface area contributed by atoms with Gasteiger partial charge in [-0.25, -0.2) is 0 Å². The maximum atomic E-state index is 3.67. The first-order valence-corrected chi connectivity index (χ1v) is 4.16. The molecule has 0 heteroatoms. The van der Waals surface area contributed by atoms with Gasteiger partial charge in [-0.1, -0.05) is 36.5 Å². The van der Waals surface area contributed by atoms with Gasteiger partial charge in [-0.3, -0.25) is 0 Å². The van der Waals surface area contributed by atoms with E-state index in [1.807, 2.05) is 32.1 Å². The van der Waals surface area contributed by atoms with Gasteiger partial charge in [-0.2, -0.15) is 0 Å². The third kappa shape index (κ3) is 23.1. The van der Waals surface area contributed by atoms with Gasteiger partial charge in [0.15, 0.2) is 0 Å². The van der Waals surface area contributed by atoms with Gasteiger partial charge in [-0.05, 0) is 26.7 Å². The lowest BCUT2D eigenvalue weighted by molar-refractivity contribution is 1.23. The molecule has 0 nitrogen and oxygen atoms in total. The Morgan fingerprint density at radius 1 is 1.25 bits per heavy atom. The van der Waals surface area contributed by atoms with Crippen molar-refractivity contribution in [2.24, 2.45) is 0 Å². The van der Waals surface area contributed by atoms with Crippen LogP contribution in [-0.4, -0.2) is 0 Å². The van der Waals surface area contributed by atoms with Crippen LogP contribution < -0.4 is 0 Å². The highest BCUT2D eigenvalue weighted by Gasteiger charge is 1.71. The molecular weight excluding hydrogens is 144 g/mol. The van der Waals surface area contributed by atoms with Crippen LogP contribution in [0.25, 0.3) is 0 Å². The van der Waals surface area contributed by atoms with E-state index in [1.165, 1.54) is 5.57 Å². The van der Waals surface area contributed by atoms with Crippen molar-refractivity contribution < 1.29 is 0 Å². The molecule has 0 aromatic rings. The van der Waals surface area contributed by atoms with Gasteiger partial charge in [0.25, 0.3) is 0 Å². The van der Waals surface area contributed by atoms with Crippen molar-refractivity contribution in [3.63, 3.8) is 0 Å². The van der Waals surface area contributed by atoms with E-state index in [9.17, 15) is 0 Å². The SMILES string of the molecule is C=CC/C=C/C.C=CCC(=C)C. The van der Waals surface area contributed by atoms with Crippen molar-refractivity contribution in [2.45, 2.75) is 26.7 Å². The normalized spacial score (nSPS) is 8.50. The van der Waals surface area contributed by atoms with Crippen LogP contribution in [0.3, 0.4) is 0 Å². The highest BCUT2D eigenvalue weighted by Crippen LogP contribution is 1.92. The van der Waals surface area contributed by atoms with E-state index in [-0.39, 0.29) is 0 Å². The van der Waals surface area contributed by atoms with Crippen molar-refractivity contribution in [3.8, 4) is 0 Å². The highest BCUT2D eigenvalue weighted by atomic mass is 13.8. The minimum absolute atomic E-state index is 0.944. The summed E-state index contributed by atoms with van der Waals surface area (Å²) in [6.45, 7) is 14.8. The van der Waals surface area contributed by atoms with Crippen LogP contribution in [0.5, 0.6) is 0 Å². The van der Waals surface area contributed by atoms with Crippen molar-refractivity contribution in [3.05, 3.63) is 49.6 Å². The van der Waals surface area contributed by atoms with E-state index in [0.717, 1.165) is 12.8 Å². The lowest BCUT2D eigenvalue weighted by Gasteiger charge is -1.82. The fourth-order valence-corrected chi connectivity index (χ4v) is 0.479. The molecule has 0 saturated carbocycles. The van der Waals surface area contributed by atoms with Crippen LogP contribution in [0.1, 0.15) is 26.7 Å². The van der Waals surface area contributed by atoms with Crippen LogP contribution in [0, 0.1) is 0 Å². The summed E-state index contributed by atoms with van der Waals surface area (Å²) in [5.74, 6) is 0. The summed E-state index contributed by atoms with van der Waals surface area (Å²) in [4.78, 5) is 0. The second-order valence-corrected chi connectivity index (χ2v) is 2.54. The molecule has 0 radical (unpaired) electrons. The largest absolute Gasteiger partial charge is 0.103 e. The summed E-state index contributed by atoms with van der Waals surface area (Å²) >= 11 is 0. The molecule has 0 N–H and O–H groups in total. The van der Waals surface area contributed by atoms with Gasteiger partial charge in [-0.15, -0.1) is 13.2 Å². The molecular formula is C12H20. The smallest absolute Gasteiger partial charge is 0.0147 e. The molecule has 0 spiro atoms. The topological polar surface area (TPSA) is 0 Å². The van der Waals surface area contributed by atoms with Crippen molar-refractivity contribution in [1.82, 2.24) is 0 Å². The molecule has 0 atom stereocenters. The zero-order valence-electron chi connectivity index (χ0n) is 8.34. The molecule has 0 heterocycles. The van der Waals surface area contributed by atoms with Gasteiger partial charge >= 0.3 is 0 Å². The molecule has 0 amide bonds. The molecule has 0 rings (SSSR count). The monoisotopic (exact) mass is 164 g/mol. The van der Waals surface area contributed by atoms with Crippen LogP contribution in [0.15, 0.2) is 49.6 Å². The fourth-order valence-electron chi connectivity index (χ4n) is 0.479. The van der Waals surface area contributed by atoms with Gasteiger partial charge in [0.2, 0.25) is 0 Å². The number of hydrogen-bond acceptors (Lipinski definition) is 0. The third-order valence-corrected chi connectivity index (χ3v) is 1.03. The van der Waals surface area contributed by atoms with Crippen LogP contribution in [-0.2, 0) is 0 Å². The third-order valence-electron chi connectivity index (χ3n) is 1.03. The molecule has 0 bridgehead atoms. The van der Waals surface area contributed by atoms with E-state index in [1.54, 1.807) is 0 Å². The standard InChI is InChI=1S/2C6H10/c1-4-5-6(2)3;1-3-5-6-4-2/h4H,1-2,5H2,3H3;3-4,6H,1,5H2,2H3/b;6-4+. The van der Waals surface area contributed by atoms with E-state index < -0.39 is 0 Å². The zero-order chi connectivity index (χ0) is 9.82. The van der Waals surface area contributed by atoms with Gasteiger partial charge in [0.05, 0.1) is 0 Å². The first kappa shape index (κ1) is 13.5. The molecule has 0 aliphatic carbocycles. The highest BCUT2D eigenvalue weighted by molar-refractivity contribution is 4.94. The second kappa shape index (κ2) is 12.6. The average molecular weight is 164 g/mol. The zero-order valence-corrected chi connectivity index (χ0v) is 8.34. The summed E-state index contributed by atoms with van der Waals surface area (Å²) in [5, 5.41) is 0. The Bertz CT molecular complexity index is 149. The Kier molecular flexibility index (Phi) is 14.2. The van der Waals surface area contributed by atoms with E-state index >= 15 is 0 Å². The molecule has 0 aliphatic rings. The van der Waals surface area contributed by atoms with E-state index in [2.05, 4.69) is 25.8 Å². The first-order chi connectivity index (χ1) is 5.68. The predicted molar refractivity (Wildman–Crippen MR) is 59.3 cm³/mol. The second-order valence-electron chi connectivity index (χ2n) is 2.54. The number of allylic oxidation sites excluding steroid dienone is 5. The maximum Gasteiger partial charge on any atom is -0.0147 e. The Hall–Kier alpha value is -1.04. The van der Waals surface area contributed by atoms with E-state index in [4.69, 9.17) is 0 Å². The Morgan fingerprint density at radius 2 is 1.83 bits per heavy atom. The fraction of sp³-hybridized carbons (Fsp3) is 0.333. The summed E-state index contributed by atoms with van der Waals surface area (Å²) in [7, 11) is 0. The minimum Gasteiger partial charge on any atom is -0.103 e. The minimum atomic E-state index is 0.944. The molecule has 0 aromatic carbocycles. The Labute approximate surface area is 77.0 Å². The van der Waals surface area contributed by atoms with Gasteiger partial charge in [0, 0.05) is 0 Å². The molecule has 0 saturated heterocycles. The lowest BCUT2D eigenvalue weighted by atomic mass is 10.2. The molecule has 0 aliphatic heterocycles. The van der Waals surface area contributed by atoms with Crippen molar-refractivity contribution >= 4 is 0 Å². The Morgan fingerprint density at radius 3 is 1.92 bits per heavy atom. The molecule has 0 aromatic heterocycles. The average Bonchev–Trinajstić information content (AvgIpc) is 2.02. The summed E-state index contributed by atoms with van der Waals surface area (Å²) < 4.78 is 0. The lowest BCUT2D eigenvalue weighted by Crippen LogP contribution is -1.61. The maximum absolute atomic E-state index is 3.67. The molecule has 12 heavy (non-hydrogen) atoms. The van der Waals surface area contributed by atoms with Crippen molar-refractivity contribution in [2.75, 3.05) is 0 Å².